The first-order valence-corrected chi connectivity index (χ1v) is 11.2. The topological polar surface area (TPSA) is 82.4 Å². The second-order valence-corrected chi connectivity index (χ2v) is 8.73. The van der Waals surface area contributed by atoms with Gasteiger partial charge in [-0.3, -0.25) is 4.72 Å². The van der Waals surface area contributed by atoms with Gasteiger partial charge in [-0.25, -0.2) is 12.8 Å². The Bertz CT molecular complexity index is 1000. The maximum Gasteiger partial charge on any atom is 0.232 e. The minimum absolute atomic E-state index is 0.000382. The second kappa shape index (κ2) is 8.70. The number of nitrogens with zero attached hydrogens (tertiary/aromatic N) is 2. The summed E-state index contributed by atoms with van der Waals surface area (Å²) in [7, 11) is -3.34. The number of alkyl halides is 1. The molecule has 0 amide bonds. The molecule has 1 heterocycles. The molecule has 1 N–H and O–H groups in total. The van der Waals surface area contributed by atoms with Crippen LogP contribution < -0.4 is 14.4 Å². The van der Waals surface area contributed by atoms with Gasteiger partial charge >= 0.3 is 0 Å². The molecule has 8 heteroatoms. The van der Waals surface area contributed by atoms with Gasteiger partial charge < -0.3 is 9.64 Å². The summed E-state index contributed by atoms with van der Waals surface area (Å²) in [5, 5.41) is 9.86. The van der Waals surface area contributed by atoms with Gasteiger partial charge in [0.25, 0.3) is 0 Å². The third-order valence-electron chi connectivity index (χ3n) is 5.03. The van der Waals surface area contributed by atoms with E-state index in [0.717, 1.165) is 16.8 Å². The first-order valence-electron chi connectivity index (χ1n) is 9.53. The van der Waals surface area contributed by atoms with Gasteiger partial charge in [-0.1, -0.05) is 18.2 Å². The molecule has 1 aliphatic heterocycles. The van der Waals surface area contributed by atoms with Crippen LogP contribution in [0, 0.1) is 11.3 Å². The molecule has 0 spiro atoms. The van der Waals surface area contributed by atoms with Gasteiger partial charge in [0.1, 0.15) is 19.0 Å². The average molecular weight is 418 g/mol. The van der Waals surface area contributed by atoms with Gasteiger partial charge in [0.2, 0.25) is 10.0 Å². The van der Waals surface area contributed by atoms with E-state index in [-0.39, 0.29) is 24.3 Å². The molecule has 29 heavy (non-hydrogen) atoms. The summed E-state index contributed by atoms with van der Waals surface area (Å²) < 4.78 is 43.9. The molecule has 1 aliphatic rings. The molecule has 6 nitrogen and oxygen atoms in total. The van der Waals surface area contributed by atoms with Gasteiger partial charge in [-0.05, 0) is 43.2 Å². The fraction of sp³-hybridized carbons (Fsp3) is 0.381. The van der Waals surface area contributed by atoms with E-state index in [1.165, 1.54) is 0 Å². The zero-order valence-electron chi connectivity index (χ0n) is 16.4. The Morgan fingerprint density at radius 1 is 1.21 bits per heavy atom. The Morgan fingerprint density at radius 3 is 2.52 bits per heavy atom. The van der Waals surface area contributed by atoms with Crippen LogP contribution in [0.3, 0.4) is 0 Å². The monoisotopic (exact) mass is 417 g/mol. The quantitative estimate of drug-likeness (QED) is 0.702. The highest BCUT2D eigenvalue weighted by Crippen LogP contribution is 2.49. The van der Waals surface area contributed by atoms with Crippen molar-refractivity contribution in [3.8, 4) is 11.8 Å². The van der Waals surface area contributed by atoms with Gasteiger partial charge in [0.15, 0.2) is 0 Å². The minimum atomic E-state index is -3.34. The van der Waals surface area contributed by atoms with E-state index < -0.39 is 16.7 Å². The standard InChI is InChI=1S/C21H24FN3O3S/c1-3-25-20-13-17(28-12-11-22)9-10-18(20)19(14-23)21(25)15-5-7-16(8-6-15)24-29(26,27)4-2/h5-10,13,19,21,24H,3-4,11-12H2,1-2H3. The zero-order chi connectivity index (χ0) is 21.0. The summed E-state index contributed by atoms with van der Waals surface area (Å²) in [5.41, 5.74) is 3.21. The van der Waals surface area contributed by atoms with Crippen molar-refractivity contribution in [2.45, 2.75) is 25.8 Å². The predicted molar refractivity (Wildman–Crippen MR) is 112 cm³/mol. The Kier molecular flexibility index (Phi) is 6.28. The van der Waals surface area contributed by atoms with Crippen molar-refractivity contribution in [3.05, 3.63) is 53.6 Å². The number of fused-ring (bicyclic) bond motifs is 1. The van der Waals surface area contributed by atoms with Crippen molar-refractivity contribution < 1.29 is 17.5 Å². The van der Waals surface area contributed by atoms with Gasteiger partial charge in [0, 0.05) is 24.0 Å². The van der Waals surface area contributed by atoms with Crippen molar-refractivity contribution in [1.82, 2.24) is 0 Å². The summed E-state index contributed by atoms with van der Waals surface area (Å²) >= 11 is 0. The lowest BCUT2D eigenvalue weighted by Crippen LogP contribution is -2.26. The first kappa shape index (κ1) is 20.9. The molecule has 0 aliphatic carbocycles. The van der Waals surface area contributed by atoms with Crippen LogP contribution in [0.15, 0.2) is 42.5 Å². The van der Waals surface area contributed by atoms with Crippen LogP contribution in [-0.4, -0.2) is 34.0 Å². The lowest BCUT2D eigenvalue weighted by molar-refractivity contribution is 0.273. The molecule has 0 radical (unpaired) electrons. The SMILES string of the molecule is CCN1c2cc(OCCF)ccc2C(C#N)C1c1ccc(NS(=O)(=O)CC)cc1. The fourth-order valence-electron chi connectivity index (χ4n) is 3.66. The number of ether oxygens (including phenoxy) is 1. The minimum Gasteiger partial charge on any atom is -0.491 e. The van der Waals surface area contributed by atoms with Crippen molar-refractivity contribution in [3.63, 3.8) is 0 Å². The molecule has 2 aromatic carbocycles. The molecule has 0 saturated heterocycles. The predicted octanol–water partition coefficient (Wildman–Crippen LogP) is 3.98. The molecule has 0 aromatic heterocycles. The van der Waals surface area contributed by atoms with Crippen LogP contribution in [0.2, 0.25) is 0 Å². The highest BCUT2D eigenvalue weighted by molar-refractivity contribution is 7.92. The van der Waals surface area contributed by atoms with Crippen LogP contribution in [0.1, 0.15) is 36.9 Å². The third kappa shape index (κ3) is 4.30. The van der Waals surface area contributed by atoms with Crippen molar-refractivity contribution in [2.24, 2.45) is 0 Å². The van der Waals surface area contributed by atoms with E-state index >= 15 is 0 Å². The smallest absolute Gasteiger partial charge is 0.232 e. The number of nitriles is 1. The summed E-state index contributed by atoms with van der Waals surface area (Å²) in [5.74, 6) is 0.194. The van der Waals surface area contributed by atoms with E-state index in [1.807, 2.05) is 31.2 Å². The number of benzene rings is 2. The highest BCUT2D eigenvalue weighted by atomic mass is 32.2. The molecular formula is C21H24FN3O3S. The molecule has 2 atom stereocenters. The Morgan fingerprint density at radius 2 is 1.93 bits per heavy atom. The van der Waals surface area contributed by atoms with Crippen molar-refractivity contribution in [2.75, 3.05) is 35.2 Å². The van der Waals surface area contributed by atoms with E-state index in [9.17, 15) is 18.1 Å². The number of hydrogen-bond acceptors (Lipinski definition) is 5. The van der Waals surface area contributed by atoms with Gasteiger partial charge in [-0.2, -0.15) is 5.26 Å². The van der Waals surface area contributed by atoms with Crippen LogP contribution in [0.4, 0.5) is 15.8 Å². The summed E-state index contributed by atoms with van der Waals surface area (Å²) in [6.45, 7) is 3.69. The summed E-state index contributed by atoms with van der Waals surface area (Å²) in [6, 6.07) is 14.8. The maximum absolute atomic E-state index is 12.4. The fourth-order valence-corrected chi connectivity index (χ4v) is 4.30. The van der Waals surface area contributed by atoms with E-state index in [0.29, 0.717) is 18.0 Å². The lowest BCUT2D eigenvalue weighted by atomic mass is 9.91. The van der Waals surface area contributed by atoms with Crippen molar-refractivity contribution in [1.29, 1.82) is 5.26 Å². The largest absolute Gasteiger partial charge is 0.491 e. The molecular weight excluding hydrogens is 393 g/mol. The number of hydrogen-bond donors (Lipinski definition) is 1. The zero-order valence-corrected chi connectivity index (χ0v) is 17.2. The summed E-state index contributed by atoms with van der Waals surface area (Å²) in [6.07, 6.45) is 0. The molecule has 0 bridgehead atoms. The number of nitrogens with one attached hydrogen (secondary N) is 1. The maximum atomic E-state index is 12.4. The van der Waals surface area contributed by atoms with Crippen LogP contribution in [0.5, 0.6) is 5.75 Å². The second-order valence-electron chi connectivity index (χ2n) is 6.72. The van der Waals surface area contributed by atoms with Gasteiger partial charge in [0.05, 0.1) is 23.8 Å². The number of likely N-dealkylation sites (N-methyl/N-ethyl adjacent to an activating group) is 1. The van der Waals surface area contributed by atoms with E-state index in [2.05, 4.69) is 15.7 Å². The number of halogens is 1. The number of anilines is 2. The average Bonchev–Trinajstić information content (AvgIpc) is 3.05. The Hall–Kier alpha value is -2.79. The van der Waals surface area contributed by atoms with E-state index in [4.69, 9.17) is 4.74 Å². The highest BCUT2D eigenvalue weighted by Gasteiger charge is 2.39. The van der Waals surface area contributed by atoms with Gasteiger partial charge in [-0.15, -0.1) is 0 Å². The van der Waals surface area contributed by atoms with Crippen LogP contribution in [0.25, 0.3) is 0 Å². The van der Waals surface area contributed by atoms with Crippen molar-refractivity contribution >= 4 is 21.4 Å². The number of sulfonamides is 1. The summed E-state index contributed by atoms with van der Waals surface area (Å²) in [4.78, 5) is 2.12. The van der Waals surface area contributed by atoms with E-state index in [1.54, 1.807) is 25.1 Å². The number of rotatable bonds is 8. The lowest BCUT2D eigenvalue weighted by Gasteiger charge is -2.28. The molecule has 2 unspecified atom stereocenters. The molecule has 0 fully saturated rings. The first-order chi connectivity index (χ1) is 13.9. The van der Waals surface area contributed by atoms with Crippen LogP contribution >= 0.6 is 0 Å². The molecule has 2 aromatic rings. The Balaban J connectivity index is 1.93. The molecule has 0 saturated carbocycles. The normalized spacial score (nSPS) is 18.2. The third-order valence-corrected chi connectivity index (χ3v) is 6.34. The molecule has 3 rings (SSSR count). The van der Waals surface area contributed by atoms with Crippen LogP contribution in [-0.2, 0) is 10.0 Å². The Labute approximate surface area is 171 Å². The molecule has 154 valence electrons.